The second-order valence-electron chi connectivity index (χ2n) is 5.08. The molecule has 0 bridgehead atoms. The Labute approximate surface area is 122 Å². The molecule has 2 aromatic carbocycles. The van der Waals surface area contributed by atoms with Gasteiger partial charge in [-0.1, -0.05) is 60.3 Å². The van der Waals surface area contributed by atoms with Gasteiger partial charge in [0, 0.05) is 10.9 Å². The summed E-state index contributed by atoms with van der Waals surface area (Å²) >= 11 is 1.66. The molecule has 3 rings (SSSR count). The van der Waals surface area contributed by atoms with Crippen molar-refractivity contribution < 1.29 is 5.11 Å². The summed E-state index contributed by atoms with van der Waals surface area (Å²) in [5, 5.41) is 12.1. The van der Waals surface area contributed by atoms with Crippen LogP contribution in [0.4, 0.5) is 0 Å². The molecule has 3 aromatic rings. The molecule has 0 aliphatic carbocycles. The number of H-pyrrole nitrogens is 1. The molecule has 1 unspecified atom stereocenters. The highest BCUT2D eigenvalue weighted by atomic mass is 32.2. The lowest BCUT2D eigenvalue weighted by Gasteiger charge is -2.26. The lowest BCUT2D eigenvalue weighted by atomic mass is 10.0. The summed E-state index contributed by atoms with van der Waals surface area (Å²) in [6.07, 6.45) is 0. The normalized spacial score (nSPS) is 14.3. The molecule has 2 nitrogen and oxygen atoms in total. The van der Waals surface area contributed by atoms with Crippen LogP contribution in [0.1, 0.15) is 12.5 Å². The molecule has 1 atom stereocenters. The largest absolute Gasteiger partial charge is 0.395 e. The number of rotatable bonds is 4. The maximum Gasteiger partial charge on any atom is 0.0741 e. The van der Waals surface area contributed by atoms with Gasteiger partial charge in [0.1, 0.15) is 0 Å². The van der Waals surface area contributed by atoms with Crippen molar-refractivity contribution in [3.05, 3.63) is 66.2 Å². The number of aliphatic hydroxyl groups is 1. The van der Waals surface area contributed by atoms with E-state index in [4.69, 9.17) is 0 Å². The van der Waals surface area contributed by atoms with Crippen LogP contribution < -0.4 is 0 Å². The second-order valence-corrected chi connectivity index (χ2v) is 6.62. The zero-order chi connectivity index (χ0) is 14.0. The van der Waals surface area contributed by atoms with Crippen molar-refractivity contribution in [3.63, 3.8) is 0 Å². The van der Waals surface area contributed by atoms with E-state index >= 15 is 0 Å². The van der Waals surface area contributed by atoms with Gasteiger partial charge in [-0.3, -0.25) is 0 Å². The van der Waals surface area contributed by atoms with Gasteiger partial charge in [-0.2, -0.15) is 0 Å². The fourth-order valence-electron chi connectivity index (χ4n) is 2.32. The molecule has 1 heterocycles. The summed E-state index contributed by atoms with van der Waals surface area (Å²) in [5.41, 5.74) is 2.26. The van der Waals surface area contributed by atoms with Crippen molar-refractivity contribution in [2.45, 2.75) is 16.7 Å². The highest BCUT2D eigenvalue weighted by Crippen LogP contribution is 2.41. The first-order valence-corrected chi connectivity index (χ1v) is 7.46. The zero-order valence-electron chi connectivity index (χ0n) is 11.3. The lowest BCUT2D eigenvalue weighted by molar-refractivity contribution is 0.257. The summed E-state index contributed by atoms with van der Waals surface area (Å²) in [5.74, 6) is 0. The Morgan fingerprint density at radius 1 is 1.05 bits per heavy atom. The molecular weight excluding hydrogens is 266 g/mol. The van der Waals surface area contributed by atoms with Gasteiger partial charge in [-0.25, -0.2) is 0 Å². The van der Waals surface area contributed by atoms with E-state index in [-0.39, 0.29) is 11.4 Å². The summed E-state index contributed by atoms with van der Waals surface area (Å²) in [7, 11) is 0. The van der Waals surface area contributed by atoms with Gasteiger partial charge in [-0.05, 0) is 24.6 Å². The average Bonchev–Trinajstić information content (AvgIpc) is 2.90. The number of thioether (sulfide) groups is 1. The van der Waals surface area contributed by atoms with Crippen LogP contribution >= 0.6 is 11.8 Å². The molecule has 20 heavy (non-hydrogen) atoms. The van der Waals surface area contributed by atoms with Gasteiger partial charge in [0.2, 0.25) is 0 Å². The van der Waals surface area contributed by atoms with E-state index in [0.717, 1.165) is 16.1 Å². The molecule has 0 aliphatic heterocycles. The Morgan fingerprint density at radius 3 is 2.45 bits per heavy atom. The summed E-state index contributed by atoms with van der Waals surface area (Å²) < 4.78 is -0.345. The highest BCUT2D eigenvalue weighted by Gasteiger charge is 2.27. The average molecular weight is 283 g/mol. The Kier molecular flexibility index (Phi) is 3.55. The zero-order valence-corrected chi connectivity index (χ0v) is 12.2. The standard InChI is InChI=1S/C17H17NOS/c1-17(12-19,14-8-3-2-4-9-14)20-16-11-13-7-5-6-10-15(13)18-16/h2-11,18-19H,12H2,1H3. The van der Waals surface area contributed by atoms with E-state index in [1.807, 2.05) is 30.3 Å². The minimum absolute atomic E-state index is 0.0943. The van der Waals surface area contributed by atoms with Crippen molar-refractivity contribution in [3.8, 4) is 0 Å². The van der Waals surface area contributed by atoms with Crippen LogP contribution in [-0.2, 0) is 4.75 Å². The second kappa shape index (κ2) is 5.35. The van der Waals surface area contributed by atoms with Gasteiger partial charge < -0.3 is 10.1 Å². The van der Waals surface area contributed by atoms with Crippen LogP contribution in [0, 0.1) is 0 Å². The first-order chi connectivity index (χ1) is 9.71. The fourth-order valence-corrected chi connectivity index (χ4v) is 3.47. The molecule has 0 amide bonds. The number of benzene rings is 2. The van der Waals surface area contributed by atoms with Gasteiger partial charge in [0.15, 0.2) is 0 Å². The molecule has 2 N–H and O–H groups in total. The van der Waals surface area contributed by atoms with Crippen LogP contribution in [0.15, 0.2) is 65.7 Å². The minimum Gasteiger partial charge on any atom is -0.395 e. The van der Waals surface area contributed by atoms with Gasteiger partial charge in [0.05, 0.1) is 16.4 Å². The molecule has 0 fully saturated rings. The third-order valence-electron chi connectivity index (χ3n) is 3.53. The molecule has 1 aromatic heterocycles. The Balaban J connectivity index is 1.95. The lowest BCUT2D eigenvalue weighted by Crippen LogP contribution is -2.22. The SMILES string of the molecule is CC(CO)(Sc1cc2ccccc2[nH]1)c1ccccc1. The van der Waals surface area contributed by atoms with Crippen molar-refractivity contribution in [1.29, 1.82) is 0 Å². The number of aliphatic hydroxyl groups excluding tert-OH is 1. The number of hydrogen-bond acceptors (Lipinski definition) is 2. The summed E-state index contributed by atoms with van der Waals surface area (Å²) in [6.45, 7) is 2.16. The predicted molar refractivity (Wildman–Crippen MR) is 85.0 cm³/mol. The third-order valence-corrected chi connectivity index (χ3v) is 4.78. The topological polar surface area (TPSA) is 36.0 Å². The van der Waals surface area contributed by atoms with E-state index in [9.17, 15) is 5.11 Å². The van der Waals surface area contributed by atoms with Gasteiger partial charge >= 0.3 is 0 Å². The van der Waals surface area contributed by atoms with Crippen LogP contribution in [0.3, 0.4) is 0 Å². The van der Waals surface area contributed by atoms with E-state index in [0.29, 0.717) is 0 Å². The molecular formula is C17H17NOS. The van der Waals surface area contributed by atoms with E-state index in [2.05, 4.69) is 42.2 Å². The molecule has 0 radical (unpaired) electrons. The monoisotopic (exact) mass is 283 g/mol. The third kappa shape index (κ3) is 2.47. The van der Waals surface area contributed by atoms with Crippen LogP contribution in [0.25, 0.3) is 10.9 Å². The molecule has 3 heteroatoms. The van der Waals surface area contributed by atoms with Gasteiger partial charge in [0.25, 0.3) is 0 Å². The highest BCUT2D eigenvalue weighted by molar-refractivity contribution is 8.00. The molecule has 0 aliphatic rings. The number of aromatic amines is 1. The first-order valence-electron chi connectivity index (χ1n) is 6.64. The van der Waals surface area contributed by atoms with Gasteiger partial charge in [-0.15, -0.1) is 0 Å². The minimum atomic E-state index is -0.345. The van der Waals surface area contributed by atoms with Crippen molar-refractivity contribution in [1.82, 2.24) is 4.98 Å². The van der Waals surface area contributed by atoms with Crippen molar-refractivity contribution in [2.24, 2.45) is 0 Å². The molecule has 102 valence electrons. The van der Waals surface area contributed by atoms with Crippen molar-refractivity contribution >= 4 is 22.7 Å². The summed E-state index contributed by atoms with van der Waals surface area (Å²) in [4.78, 5) is 3.41. The maximum atomic E-state index is 9.84. The molecule has 0 saturated carbocycles. The van der Waals surface area contributed by atoms with E-state index in [1.165, 1.54) is 5.39 Å². The molecule has 0 spiro atoms. The number of fused-ring (bicyclic) bond motifs is 1. The van der Waals surface area contributed by atoms with E-state index < -0.39 is 0 Å². The first kappa shape index (κ1) is 13.3. The number of para-hydroxylation sites is 1. The Hall–Kier alpha value is -1.71. The van der Waals surface area contributed by atoms with Crippen molar-refractivity contribution in [2.75, 3.05) is 6.61 Å². The number of hydrogen-bond donors (Lipinski definition) is 2. The number of nitrogens with one attached hydrogen (secondary N) is 1. The van der Waals surface area contributed by atoms with E-state index in [1.54, 1.807) is 11.8 Å². The quantitative estimate of drug-likeness (QED) is 0.705. The molecule has 0 saturated heterocycles. The fraction of sp³-hybridized carbons (Fsp3) is 0.176. The number of aromatic nitrogens is 1. The predicted octanol–water partition coefficient (Wildman–Crippen LogP) is 4.17. The Bertz CT molecular complexity index is 674. The smallest absolute Gasteiger partial charge is 0.0741 e. The maximum absolute atomic E-state index is 9.84. The summed E-state index contributed by atoms with van der Waals surface area (Å²) in [6, 6.07) is 20.5. The van der Waals surface area contributed by atoms with Crippen LogP contribution in [0.5, 0.6) is 0 Å². The van der Waals surface area contributed by atoms with Crippen LogP contribution in [0.2, 0.25) is 0 Å². The van der Waals surface area contributed by atoms with Crippen LogP contribution in [-0.4, -0.2) is 16.7 Å². The Morgan fingerprint density at radius 2 is 1.75 bits per heavy atom.